The fraction of sp³-hybridized carbons (Fsp3) is 0.417. The molecule has 112 valence electrons. The largest absolute Gasteiger partial charge is 0.468 e. The van der Waals surface area contributed by atoms with E-state index in [-0.39, 0.29) is 12.5 Å². The number of esters is 1. The number of carbonyl (C=O) groups excluding carboxylic acids is 1. The van der Waals surface area contributed by atoms with E-state index in [1.54, 1.807) is 12.4 Å². The number of hydrogen-bond donors (Lipinski definition) is 1. The lowest BCUT2D eigenvalue weighted by molar-refractivity contribution is -0.141. The Morgan fingerprint density at radius 2 is 2.33 bits per heavy atom. The Balaban J connectivity index is 1.72. The highest BCUT2D eigenvalue weighted by Gasteiger charge is 2.05. The summed E-state index contributed by atoms with van der Waals surface area (Å²) in [7, 11) is 1.34. The highest BCUT2D eigenvalue weighted by atomic mass is 35.5. The molecule has 0 spiro atoms. The van der Waals surface area contributed by atoms with Gasteiger partial charge in [0.15, 0.2) is 0 Å². The van der Waals surface area contributed by atoms with Gasteiger partial charge in [-0.2, -0.15) is 0 Å². The first-order valence-electron chi connectivity index (χ1n) is 6.34. The van der Waals surface area contributed by atoms with E-state index in [0.717, 1.165) is 18.5 Å². The molecule has 1 N–H and O–H groups in total. The monoisotopic (exact) mass is 310 g/mol. The number of rotatable bonds is 7. The van der Waals surface area contributed by atoms with Crippen molar-refractivity contribution in [2.24, 2.45) is 0 Å². The summed E-state index contributed by atoms with van der Waals surface area (Å²) in [6.07, 6.45) is 6.40. The van der Waals surface area contributed by atoms with E-state index in [1.807, 2.05) is 0 Å². The lowest BCUT2D eigenvalue weighted by Crippen LogP contribution is -2.11. The summed E-state index contributed by atoms with van der Waals surface area (Å²) in [6.45, 7) is 0.777. The number of halogens is 1. The van der Waals surface area contributed by atoms with Crippen LogP contribution in [0.5, 0.6) is 0 Å². The Morgan fingerprint density at radius 1 is 1.48 bits per heavy atom. The van der Waals surface area contributed by atoms with E-state index in [0.29, 0.717) is 17.5 Å². The minimum absolute atomic E-state index is 0.0693. The van der Waals surface area contributed by atoms with E-state index < -0.39 is 0 Å². The average molecular weight is 311 g/mol. The number of aryl methyl sites for hydroxylation is 1. The van der Waals surface area contributed by atoms with Gasteiger partial charge in [0.25, 0.3) is 0 Å². The van der Waals surface area contributed by atoms with Crippen LogP contribution in [-0.4, -0.2) is 44.6 Å². The standard InChI is InChI=1S/C12H15ClN6O2/c1-21-12(20)8-19-7-9(17-18-19)3-2-4-15-11-6-14-5-10(13)16-11/h5-7H,2-4,8H2,1H3,(H,15,16). The van der Waals surface area contributed by atoms with Crippen LogP contribution in [0.25, 0.3) is 0 Å². The van der Waals surface area contributed by atoms with Gasteiger partial charge < -0.3 is 10.1 Å². The molecule has 0 amide bonds. The molecule has 0 atom stereocenters. The van der Waals surface area contributed by atoms with Crippen molar-refractivity contribution in [1.29, 1.82) is 0 Å². The predicted molar refractivity (Wildman–Crippen MR) is 75.9 cm³/mol. The number of carbonyl (C=O) groups is 1. The number of hydrogen-bond acceptors (Lipinski definition) is 7. The van der Waals surface area contributed by atoms with Gasteiger partial charge in [-0.3, -0.25) is 9.78 Å². The van der Waals surface area contributed by atoms with E-state index in [4.69, 9.17) is 11.6 Å². The van der Waals surface area contributed by atoms with Crippen LogP contribution < -0.4 is 5.32 Å². The third-order valence-corrected chi connectivity index (χ3v) is 2.81. The van der Waals surface area contributed by atoms with Crippen LogP contribution in [0.15, 0.2) is 18.6 Å². The van der Waals surface area contributed by atoms with Gasteiger partial charge in [0.05, 0.1) is 25.2 Å². The Morgan fingerprint density at radius 3 is 3.10 bits per heavy atom. The summed E-state index contributed by atoms with van der Waals surface area (Å²) >= 11 is 5.74. The molecule has 0 aliphatic carbocycles. The maximum Gasteiger partial charge on any atom is 0.327 e. The number of ether oxygens (including phenoxy) is 1. The SMILES string of the molecule is COC(=O)Cn1cc(CCCNc2cncc(Cl)n2)nn1. The molecule has 0 bridgehead atoms. The number of methoxy groups -OCH3 is 1. The van der Waals surface area contributed by atoms with Gasteiger partial charge in [0, 0.05) is 12.7 Å². The Labute approximate surface area is 126 Å². The molecule has 0 aliphatic rings. The molecule has 9 heteroatoms. The van der Waals surface area contributed by atoms with Crippen molar-refractivity contribution in [3.8, 4) is 0 Å². The van der Waals surface area contributed by atoms with Crippen molar-refractivity contribution in [2.75, 3.05) is 19.0 Å². The van der Waals surface area contributed by atoms with Gasteiger partial charge in [0.2, 0.25) is 0 Å². The van der Waals surface area contributed by atoms with Gasteiger partial charge >= 0.3 is 5.97 Å². The molecule has 2 aromatic heterocycles. The van der Waals surface area contributed by atoms with Crippen LogP contribution >= 0.6 is 11.6 Å². The molecule has 8 nitrogen and oxygen atoms in total. The van der Waals surface area contributed by atoms with Crippen LogP contribution in [-0.2, 0) is 22.5 Å². The van der Waals surface area contributed by atoms with E-state index in [1.165, 1.54) is 18.0 Å². The van der Waals surface area contributed by atoms with Crippen LogP contribution in [0.4, 0.5) is 5.82 Å². The average Bonchev–Trinajstić information content (AvgIpc) is 2.91. The second-order valence-corrected chi connectivity index (χ2v) is 4.63. The molecule has 0 fully saturated rings. The van der Waals surface area contributed by atoms with Gasteiger partial charge in [-0.15, -0.1) is 5.10 Å². The third-order valence-electron chi connectivity index (χ3n) is 2.63. The molecule has 0 unspecified atom stereocenters. The molecule has 0 radical (unpaired) electrons. The highest BCUT2D eigenvalue weighted by Crippen LogP contribution is 2.07. The zero-order valence-electron chi connectivity index (χ0n) is 11.5. The van der Waals surface area contributed by atoms with E-state index in [2.05, 4.69) is 30.3 Å². The first kappa shape index (κ1) is 15.2. The van der Waals surface area contributed by atoms with Crippen LogP contribution in [0.1, 0.15) is 12.1 Å². The summed E-state index contributed by atoms with van der Waals surface area (Å²) in [6, 6.07) is 0. The summed E-state index contributed by atoms with van der Waals surface area (Å²) in [5.41, 5.74) is 0.817. The predicted octanol–water partition coefficient (Wildman–Crippen LogP) is 0.939. The first-order chi connectivity index (χ1) is 10.2. The smallest absolute Gasteiger partial charge is 0.327 e. The molecular formula is C12H15ClN6O2. The molecule has 2 rings (SSSR count). The third kappa shape index (κ3) is 4.99. The van der Waals surface area contributed by atoms with Crippen molar-refractivity contribution in [2.45, 2.75) is 19.4 Å². The highest BCUT2D eigenvalue weighted by molar-refractivity contribution is 6.29. The maximum absolute atomic E-state index is 11.1. The molecule has 0 saturated heterocycles. The molecule has 2 aromatic rings. The summed E-state index contributed by atoms with van der Waals surface area (Å²) in [4.78, 5) is 19.1. The van der Waals surface area contributed by atoms with Crippen molar-refractivity contribution in [3.63, 3.8) is 0 Å². The molecule has 0 aromatic carbocycles. The van der Waals surface area contributed by atoms with Crippen molar-refractivity contribution in [1.82, 2.24) is 25.0 Å². The number of nitrogens with zero attached hydrogens (tertiary/aromatic N) is 5. The zero-order chi connectivity index (χ0) is 15.1. The summed E-state index contributed by atoms with van der Waals surface area (Å²) in [5, 5.41) is 11.3. The minimum Gasteiger partial charge on any atom is -0.468 e. The number of anilines is 1. The second-order valence-electron chi connectivity index (χ2n) is 4.24. The van der Waals surface area contributed by atoms with Crippen LogP contribution in [0.2, 0.25) is 5.15 Å². The molecular weight excluding hydrogens is 296 g/mol. The van der Waals surface area contributed by atoms with E-state index >= 15 is 0 Å². The van der Waals surface area contributed by atoms with Crippen molar-refractivity contribution >= 4 is 23.4 Å². The second kappa shape index (κ2) is 7.53. The topological polar surface area (TPSA) is 94.8 Å². The number of aromatic nitrogens is 5. The lowest BCUT2D eigenvalue weighted by atomic mass is 10.2. The van der Waals surface area contributed by atoms with Gasteiger partial charge in [-0.05, 0) is 12.8 Å². The van der Waals surface area contributed by atoms with Gasteiger partial charge in [-0.25, -0.2) is 9.67 Å². The first-order valence-corrected chi connectivity index (χ1v) is 6.72. The fourth-order valence-corrected chi connectivity index (χ4v) is 1.79. The summed E-state index contributed by atoms with van der Waals surface area (Å²) in [5.74, 6) is 0.282. The lowest BCUT2D eigenvalue weighted by Gasteiger charge is -2.03. The molecule has 2 heterocycles. The molecule has 0 saturated carbocycles. The van der Waals surface area contributed by atoms with Gasteiger partial charge in [0.1, 0.15) is 17.5 Å². The summed E-state index contributed by atoms with van der Waals surface area (Å²) < 4.78 is 6.01. The van der Waals surface area contributed by atoms with Crippen molar-refractivity contribution < 1.29 is 9.53 Å². The van der Waals surface area contributed by atoms with Gasteiger partial charge in [-0.1, -0.05) is 16.8 Å². The molecule has 0 aliphatic heterocycles. The quantitative estimate of drug-likeness (QED) is 0.600. The maximum atomic E-state index is 11.1. The van der Waals surface area contributed by atoms with Crippen LogP contribution in [0, 0.1) is 0 Å². The Bertz CT molecular complexity index is 603. The Hall–Kier alpha value is -2.22. The Kier molecular flexibility index (Phi) is 5.44. The van der Waals surface area contributed by atoms with E-state index in [9.17, 15) is 4.79 Å². The van der Waals surface area contributed by atoms with Crippen molar-refractivity contribution in [3.05, 3.63) is 29.4 Å². The zero-order valence-corrected chi connectivity index (χ0v) is 12.2. The fourth-order valence-electron chi connectivity index (χ4n) is 1.64. The molecule has 21 heavy (non-hydrogen) atoms. The van der Waals surface area contributed by atoms with Crippen LogP contribution in [0.3, 0.4) is 0 Å². The normalized spacial score (nSPS) is 10.4. The number of nitrogens with one attached hydrogen (secondary N) is 1. The minimum atomic E-state index is -0.354.